The number of aryl methyl sites for hydroxylation is 1. The van der Waals surface area contributed by atoms with E-state index in [4.69, 9.17) is 0 Å². The van der Waals surface area contributed by atoms with Gasteiger partial charge in [0, 0.05) is 18.6 Å². The number of hydrogen-bond acceptors (Lipinski definition) is 2. The van der Waals surface area contributed by atoms with E-state index in [2.05, 4.69) is 15.4 Å². The van der Waals surface area contributed by atoms with Crippen molar-refractivity contribution < 1.29 is 9.78 Å². The van der Waals surface area contributed by atoms with E-state index in [-0.39, 0.29) is 6.03 Å². The van der Waals surface area contributed by atoms with Crippen LogP contribution in [-0.2, 0) is 0 Å². The second kappa shape index (κ2) is 3.85. The van der Waals surface area contributed by atoms with Gasteiger partial charge in [-0.2, -0.15) is 0 Å². The maximum absolute atomic E-state index is 11.2. The van der Waals surface area contributed by atoms with E-state index in [1.54, 1.807) is 6.92 Å². The van der Waals surface area contributed by atoms with Gasteiger partial charge in [0.25, 0.3) is 5.82 Å². The lowest BCUT2D eigenvalue weighted by molar-refractivity contribution is -0.388. The highest BCUT2D eigenvalue weighted by molar-refractivity contribution is 5.75. The number of carbonyl (C=O) groups excluding carboxylic acids is 1. The molecule has 1 heterocycles. The molecule has 1 rings (SSSR count). The molecular weight excluding hydrogens is 156 g/mol. The van der Waals surface area contributed by atoms with E-state index < -0.39 is 0 Å². The molecule has 5 nitrogen and oxygen atoms in total. The summed E-state index contributed by atoms with van der Waals surface area (Å²) in [7, 11) is 0. The minimum absolute atomic E-state index is 0.193. The molecule has 0 aliphatic heterocycles. The Hall–Kier alpha value is -1.39. The lowest BCUT2D eigenvalue weighted by atomic mass is 10.5. The quantitative estimate of drug-likeness (QED) is 0.676. The molecular formula is C7H13N4O+. The smallest absolute Gasteiger partial charge is 0.322 e. The summed E-state index contributed by atoms with van der Waals surface area (Å²) in [5, 5.41) is 6.62. The highest BCUT2D eigenvalue weighted by Crippen LogP contribution is 1.81. The van der Waals surface area contributed by atoms with Gasteiger partial charge in [-0.3, -0.25) is 0 Å². The first-order valence-corrected chi connectivity index (χ1v) is 3.96. The van der Waals surface area contributed by atoms with Gasteiger partial charge < -0.3 is 5.32 Å². The molecule has 0 atom stereocenters. The molecule has 1 aromatic heterocycles. The van der Waals surface area contributed by atoms with Crippen LogP contribution in [0, 0.1) is 6.92 Å². The van der Waals surface area contributed by atoms with Gasteiger partial charge in [0.1, 0.15) is 0 Å². The summed E-state index contributed by atoms with van der Waals surface area (Å²) >= 11 is 0. The number of nitrogens with zero attached hydrogens (tertiary/aromatic N) is 2. The highest BCUT2D eigenvalue weighted by atomic mass is 16.2. The van der Waals surface area contributed by atoms with E-state index in [0.29, 0.717) is 6.54 Å². The lowest BCUT2D eigenvalue weighted by Gasteiger charge is -1.94. The largest absolute Gasteiger partial charge is 0.415 e. The Kier molecular flexibility index (Phi) is 2.79. The predicted molar refractivity (Wildman–Crippen MR) is 42.6 cm³/mol. The molecule has 5 heteroatoms. The zero-order valence-electron chi connectivity index (χ0n) is 7.29. The predicted octanol–water partition coefficient (Wildman–Crippen LogP) is -0.0267. The van der Waals surface area contributed by atoms with Gasteiger partial charge in [-0.1, -0.05) is 6.92 Å². The number of hydrogen-bond donors (Lipinski definition) is 1. The molecule has 12 heavy (non-hydrogen) atoms. The van der Waals surface area contributed by atoms with Crippen molar-refractivity contribution in [3.63, 3.8) is 0 Å². The first kappa shape index (κ1) is 8.70. The molecule has 0 spiro atoms. The number of aromatic nitrogens is 3. The second-order valence-corrected chi connectivity index (χ2v) is 2.54. The van der Waals surface area contributed by atoms with Crippen LogP contribution in [0.4, 0.5) is 4.79 Å². The molecule has 0 aliphatic rings. The van der Waals surface area contributed by atoms with Crippen LogP contribution in [0.25, 0.3) is 0 Å². The topological polar surface area (TPSA) is 61.1 Å². The molecule has 2 N–H and O–H groups in total. The molecule has 0 saturated heterocycles. The number of amides is 1. The van der Waals surface area contributed by atoms with E-state index in [0.717, 1.165) is 12.2 Å². The van der Waals surface area contributed by atoms with Crippen LogP contribution in [0.3, 0.4) is 0 Å². The maximum Gasteiger partial charge on any atom is 0.415 e. The normalized spacial score (nSPS) is 9.83. The number of rotatable bonds is 2. The average Bonchev–Trinajstić information content (AvgIpc) is 2.47. The van der Waals surface area contributed by atoms with Gasteiger partial charge >= 0.3 is 6.03 Å². The minimum atomic E-state index is -0.193. The summed E-state index contributed by atoms with van der Waals surface area (Å²) in [6.45, 7) is 4.47. The Morgan fingerprint density at radius 1 is 1.83 bits per heavy atom. The van der Waals surface area contributed by atoms with Crippen LogP contribution in [0.5, 0.6) is 0 Å². The van der Waals surface area contributed by atoms with Crippen LogP contribution in [0.2, 0.25) is 0 Å². The second-order valence-electron chi connectivity index (χ2n) is 2.54. The monoisotopic (exact) mass is 169 g/mol. The number of carbonyl (C=O) groups is 1. The van der Waals surface area contributed by atoms with Gasteiger partial charge in [-0.05, 0) is 11.1 Å². The molecule has 0 aliphatic carbocycles. The zero-order valence-corrected chi connectivity index (χ0v) is 7.29. The molecule has 0 fully saturated rings. The summed E-state index contributed by atoms with van der Waals surface area (Å²) < 4.78 is 1.25. The van der Waals surface area contributed by atoms with Gasteiger partial charge in [-0.25, -0.2) is 9.78 Å². The molecule has 0 unspecified atom stereocenters. The summed E-state index contributed by atoms with van der Waals surface area (Å²) in [5.74, 6) is 0.724. The third-order valence-corrected chi connectivity index (χ3v) is 1.39. The minimum Gasteiger partial charge on any atom is -0.322 e. The number of nitrogens with one attached hydrogen (secondary N) is 2. The zero-order chi connectivity index (χ0) is 8.97. The molecule has 1 amide bonds. The van der Waals surface area contributed by atoms with Crippen molar-refractivity contribution in [1.29, 1.82) is 0 Å². The summed E-state index contributed by atoms with van der Waals surface area (Å²) in [6.07, 6.45) is 2.45. The van der Waals surface area contributed by atoms with Crippen LogP contribution < -0.4 is 10.3 Å². The fourth-order valence-electron chi connectivity index (χ4n) is 0.791. The Bertz CT molecular complexity index is 268. The van der Waals surface area contributed by atoms with Crippen molar-refractivity contribution in [2.24, 2.45) is 0 Å². The first-order chi connectivity index (χ1) is 5.74. The molecule has 0 bridgehead atoms. The summed E-state index contributed by atoms with van der Waals surface area (Å²) in [6, 6.07) is -0.193. The van der Waals surface area contributed by atoms with Gasteiger partial charge in [-0.15, -0.1) is 0 Å². The number of aromatic amines is 1. The van der Waals surface area contributed by atoms with Crippen molar-refractivity contribution in [1.82, 2.24) is 15.1 Å². The summed E-state index contributed by atoms with van der Waals surface area (Å²) in [5.41, 5.74) is 0. The van der Waals surface area contributed by atoms with Crippen LogP contribution in [0.1, 0.15) is 19.2 Å². The fraction of sp³-hybridized carbons (Fsp3) is 0.571. The molecule has 0 saturated carbocycles. The Morgan fingerprint density at radius 3 is 3.08 bits per heavy atom. The van der Waals surface area contributed by atoms with Crippen molar-refractivity contribution in [2.45, 2.75) is 20.3 Å². The third kappa shape index (κ3) is 2.05. The van der Waals surface area contributed by atoms with Crippen molar-refractivity contribution in [2.75, 3.05) is 6.54 Å². The van der Waals surface area contributed by atoms with Crippen molar-refractivity contribution in [3.8, 4) is 0 Å². The Labute approximate surface area is 70.8 Å². The Balaban J connectivity index is 2.53. The van der Waals surface area contributed by atoms with Gasteiger partial charge in [0.15, 0.2) is 0 Å². The van der Waals surface area contributed by atoms with E-state index >= 15 is 0 Å². The highest BCUT2D eigenvalue weighted by Gasteiger charge is 2.12. The SMILES string of the molecule is CCCNC(=O)n1c[nH+]c(C)n1. The average molecular weight is 169 g/mol. The van der Waals surface area contributed by atoms with E-state index in [1.807, 2.05) is 6.92 Å². The van der Waals surface area contributed by atoms with Crippen LogP contribution in [-0.4, -0.2) is 22.4 Å². The number of H-pyrrole nitrogens is 1. The van der Waals surface area contributed by atoms with Crippen molar-refractivity contribution in [3.05, 3.63) is 12.2 Å². The third-order valence-electron chi connectivity index (χ3n) is 1.39. The standard InChI is InChI=1S/C7H12N4O/c1-3-4-8-7(12)11-5-9-6(2)10-11/h5H,3-4H2,1-2H3,(H,8,12)/p+1. The molecule has 1 aromatic rings. The first-order valence-electron chi connectivity index (χ1n) is 3.96. The van der Waals surface area contributed by atoms with Crippen LogP contribution in [0.15, 0.2) is 6.33 Å². The fourth-order valence-corrected chi connectivity index (χ4v) is 0.791. The lowest BCUT2D eigenvalue weighted by Crippen LogP contribution is -2.29. The molecule has 66 valence electrons. The maximum atomic E-state index is 11.2. The summed E-state index contributed by atoms with van der Waals surface area (Å²) in [4.78, 5) is 14.0. The molecule has 0 radical (unpaired) electrons. The van der Waals surface area contributed by atoms with Gasteiger partial charge in [0.2, 0.25) is 6.33 Å². The van der Waals surface area contributed by atoms with Crippen LogP contribution >= 0.6 is 0 Å². The molecule has 0 aromatic carbocycles. The van der Waals surface area contributed by atoms with Crippen molar-refractivity contribution >= 4 is 6.03 Å². The van der Waals surface area contributed by atoms with Gasteiger partial charge in [0.05, 0.1) is 0 Å². The van der Waals surface area contributed by atoms with E-state index in [1.165, 1.54) is 11.0 Å². The van der Waals surface area contributed by atoms with E-state index in [9.17, 15) is 4.79 Å². The Morgan fingerprint density at radius 2 is 2.58 bits per heavy atom.